The molecule has 5 heteroatoms. The fourth-order valence-corrected chi connectivity index (χ4v) is 2.04. The molecule has 1 aromatic carbocycles. The highest BCUT2D eigenvalue weighted by Crippen LogP contribution is 2.29. The van der Waals surface area contributed by atoms with Gasteiger partial charge in [0.1, 0.15) is 0 Å². The number of aryl methyl sites for hydroxylation is 1. The lowest BCUT2D eigenvalue weighted by Crippen LogP contribution is -2.19. The minimum absolute atomic E-state index is 0.0451. The van der Waals surface area contributed by atoms with Gasteiger partial charge in [-0.15, -0.1) is 0 Å². The zero-order valence-electron chi connectivity index (χ0n) is 9.18. The molecule has 0 saturated carbocycles. The van der Waals surface area contributed by atoms with Gasteiger partial charge in [-0.2, -0.15) is 5.10 Å². The predicted molar refractivity (Wildman–Crippen MR) is 64.9 cm³/mol. The molecule has 0 atom stereocenters. The minimum atomic E-state index is 0.0451. The number of amides is 1. The van der Waals surface area contributed by atoms with E-state index in [-0.39, 0.29) is 5.91 Å². The van der Waals surface area contributed by atoms with E-state index >= 15 is 0 Å². The quantitative estimate of drug-likeness (QED) is 0.723. The fraction of sp³-hybridized carbons (Fsp3) is 0.167. The highest BCUT2D eigenvalue weighted by atomic mass is 16.1. The molecule has 0 fully saturated rings. The number of fused-ring (bicyclic) bond motifs is 1. The van der Waals surface area contributed by atoms with Gasteiger partial charge in [-0.3, -0.25) is 4.79 Å². The Bertz CT molecular complexity index is 574. The molecule has 0 spiro atoms. The minimum Gasteiger partial charge on any atom is -0.397 e. The van der Waals surface area contributed by atoms with Crippen molar-refractivity contribution < 1.29 is 4.79 Å². The van der Waals surface area contributed by atoms with Gasteiger partial charge in [0.25, 0.3) is 0 Å². The first-order valence-electron chi connectivity index (χ1n) is 5.46. The number of carbonyl (C=O) groups is 1. The van der Waals surface area contributed by atoms with E-state index in [1.54, 1.807) is 16.9 Å². The molecule has 1 amide bonds. The number of rotatable bonds is 1. The molecule has 0 aliphatic carbocycles. The van der Waals surface area contributed by atoms with Crippen molar-refractivity contribution in [2.45, 2.75) is 12.8 Å². The summed E-state index contributed by atoms with van der Waals surface area (Å²) in [6.45, 7) is 0. The van der Waals surface area contributed by atoms with Crippen LogP contribution in [-0.4, -0.2) is 15.7 Å². The van der Waals surface area contributed by atoms with E-state index in [9.17, 15) is 4.79 Å². The van der Waals surface area contributed by atoms with Crippen LogP contribution in [0, 0.1) is 0 Å². The van der Waals surface area contributed by atoms with Crippen LogP contribution in [0.1, 0.15) is 12.0 Å². The third-order valence-electron chi connectivity index (χ3n) is 2.90. The number of benzene rings is 1. The number of nitrogens with zero attached hydrogens (tertiary/aromatic N) is 2. The van der Waals surface area contributed by atoms with Gasteiger partial charge in [0.2, 0.25) is 5.91 Å². The second-order valence-corrected chi connectivity index (χ2v) is 4.07. The van der Waals surface area contributed by atoms with E-state index in [1.165, 1.54) is 0 Å². The predicted octanol–water partition coefficient (Wildman–Crippen LogP) is 1.34. The van der Waals surface area contributed by atoms with Crippen LogP contribution in [0.2, 0.25) is 0 Å². The van der Waals surface area contributed by atoms with Crippen molar-refractivity contribution in [2.75, 3.05) is 11.1 Å². The van der Waals surface area contributed by atoms with Crippen LogP contribution in [0.5, 0.6) is 0 Å². The van der Waals surface area contributed by atoms with Crippen molar-refractivity contribution in [3.63, 3.8) is 0 Å². The van der Waals surface area contributed by atoms with Gasteiger partial charge in [-0.25, -0.2) is 4.68 Å². The summed E-state index contributed by atoms with van der Waals surface area (Å²) in [5.74, 6) is 0.0451. The average Bonchev–Trinajstić information content (AvgIpc) is 2.81. The highest BCUT2D eigenvalue weighted by Gasteiger charge is 2.17. The number of carbonyl (C=O) groups excluding carboxylic acids is 1. The number of nitrogens with two attached hydrogens (primary N) is 1. The highest BCUT2D eigenvalue weighted by molar-refractivity contribution is 5.95. The number of nitrogens with one attached hydrogen (secondary N) is 1. The first kappa shape index (κ1) is 9.89. The monoisotopic (exact) mass is 228 g/mol. The molecule has 2 heterocycles. The second-order valence-electron chi connectivity index (χ2n) is 4.07. The van der Waals surface area contributed by atoms with Crippen molar-refractivity contribution in [2.24, 2.45) is 0 Å². The molecule has 3 rings (SSSR count). The van der Waals surface area contributed by atoms with E-state index in [2.05, 4.69) is 10.4 Å². The summed E-state index contributed by atoms with van der Waals surface area (Å²) in [6, 6.07) is 5.63. The number of aromatic nitrogens is 2. The summed E-state index contributed by atoms with van der Waals surface area (Å²) < 4.78 is 1.73. The van der Waals surface area contributed by atoms with Crippen LogP contribution in [0.25, 0.3) is 5.69 Å². The average molecular weight is 228 g/mol. The number of hydrogen-bond donors (Lipinski definition) is 2. The Morgan fingerprint density at radius 3 is 3.00 bits per heavy atom. The Morgan fingerprint density at radius 1 is 1.35 bits per heavy atom. The lowest BCUT2D eigenvalue weighted by atomic mass is 10.0. The Balaban J connectivity index is 2.11. The third-order valence-corrected chi connectivity index (χ3v) is 2.90. The Hall–Kier alpha value is -2.30. The summed E-state index contributed by atoms with van der Waals surface area (Å²) in [6.07, 6.45) is 4.82. The molecular weight excluding hydrogens is 216 g/mol. The number of hydrogen-bond acceptors (Lipinski definition) is 3. The summed E-state index contributed by atoms with van der Waals surface area (Å²) in [7, 11) is 0. The molecule has 3 N–H and O–H groups in total. The molecule has 0 radical (unpaired) electrons. The maximum atomic E-state index is 11.3. The molecule has 86 valence electrons. The molecule has 0 saturated heterocycles. The SMILES string of the molecule is Nc1cc2c(cc1-n1cccn1)CCC(=O)N2. The van der Waals surface area contributed by atoms with Gasteiger partial charge in [0, 0.05) is 24.5 Å². The van der Waals surface area contributed by atoms with Gasteiger partial charge >= 0.3 is 0 Å². The van der Waals surface area contributed by atoms with Crippen molar-refractivity contribution in [3.05, 3.63) is 36.2 Å². The molecule has 0 unspecified atom stereocenters. The molecule has 17 heavy (non-hydrogen) atoms. The summed E-state index contributed by atoms with van der Waals surface area (Å²) in [5.41, 5.74) is 9.34. The first-order chi connectivity index (χ1) is 8.24. The summed E-state index contributed by atoms with van der Waals surface area (Å²) in [4.78, 5) is 11.3. The van der Waals surface area contributed by atoms with E-state index < -0.39 is 0 Å². The van der Waals surface area contributed by atoms with Crippen molar-refractivity contribution >= 4 is 17.3 Å². The third kappa shape index (κ3) is 1.65. The van der Waals surface area contributed by atoms with Crippen molar-refractivity contribution in [1.82, 2.24) is 9.78 Å². The Kier molecular flexibility index (Phi) is 2.11. The zero-order chi connectivity index (χ0) is 11.8. The van der Waals surface area contributed by atoms with Gasteiger partial charge in [0.05, 0.1) is 11.4 Å². The molecule has 1 aliphatic heterocycles. The molecule has 1 aromatic heterocycles. The van der Waals surface area contributed by atoms with Gasteiger partial charge in [-0.1, -0.05) is 0 Å². The number of anilines is 2. The zero-order valence-corrected chi connectivity index (χ0v) is 9.18. The lowest BCUT2D eigenvalue weighted by Gasteiger charge is -2.19. The smallest absolute Gasteiger partial charge is 0.224 e. The van der Waals surface area contributed by atoms with Crippen LogP contribution in [0.15, 0.2) is 30.6 Å². The maximum absolute atomic E-state index is 11.3. The van der Waals surface area contributed by atoms with Crippen molar-refractivity contribution in [3.8, 4) is 5.69 Å². The van der Waals surface area contributed by atoms with Crippen LogP contribution >= 0.6 is 0 Å². The molecule has 2 aromatic rings. The van der Waals surface area contributed by atoms with E-state index in [0.29, 0.717) is 12.1 Å². The normalized spacial score (nSPS) is 14.2. The summed E-state index contributed by atoms with van der Waals surface area (Å²) in [5, 5.41) is 6.99. The molecule has 5 nitrogen and oxygen atoms in total. The topological polar surface area (TPSA) is 72.9 Å². The molecule has 0 bridgehead atoms. The van der Waals surface area contributed by atoms with Gasteiger partial charge in [-0.05, 0) is 30.2 Å². The Morgan fingerprint density at radius 2 is 2.24 bits per heavy atom. The Labute approximate surface area is 98.2 Å². The maximum Gasteiger partial charge on any atom is 0.224 e. The van der Waals surface area contributed by atoms with Crippen LogP contribution in [0.3, 0.4) is 0 Å². The largest absolute Gasteiger partial charge is 0.397 e. The molecule has 1 aliphatic rings. The fourth-order valence-electron chi connectivity index (χ4n) is 2.04. The van der Waals surface area contributed by atoms with Crippen LogP contribution in [-0.2, 0) is 11.2 Å². The van der Waals surface area contributed by atoms with E-state index in [0.717, 1.165) is 23.4 Å². The number of nitrogen functional groups attached to an aromatic ring is 1. The molecular formula is C12H12N4O. The second kappa shape index (κ2) is 3.62. The van der Waals surface area contributed by atoms with Gasteiger partial charge < -0.3 is 11.1 Å². The van der Waals surface area contributed by atoms with E-state index in [1.807, 2.05) is 18.3 Å². The van der Waals surface area contributed by atoms with E-state index in [4.69, 9.17) is 5.73 Å². The lowest BCUT2D eigenvalue weighted by molar-refractivity contribution is -0.116. The van der Waals surface area contributed by atoms with Gasteiger partial charge in [0.15, 0.2) is 0 Å². The van der Waals surface area contributed by atoms with Crippen LogP contribution < -0.4 is 11.1 Å². The standard InChI is InChI=1S/C12H12N4O/c13-9-7-10-8(2-3-12(17)15-10)6-11(9)16-5-1-4-14-16/h1,4-7H,2-3,13H2,(H,15,17). The van der Waals surface area contributed by atoms with Crippen molar-refractivity contribution in [1.29, 1.82) is 0 Å². The summed E-state index contributed by atoms with van der Waals surface area (Å²) >= 11 is 0. The first-order valence-corrected chi connectivity index (χ1v) is 5.46. The van der Waals surface area contributed by atoms with Crippen LogP contribution in [0.4, 0.5) is 11.4 Å².